The van der Waals surface area contributed by atoms with Crippen LogP contribution in [0.2, 0.25) is 0 Å². The van der Waals surface area contributed by atoms with Gasteiger partial charge in [0.1, 0.15) is 0 Å². The summed E-state index contributed by atoms with van der Waals surface area (Å²) in [5.74, 6) is 0. The van der Waals surface area contributed by atoms with E-state index in [1.807, 2.05) is 13.1 Å². The molecule has 1 atom stereocenters. The molecule has 0 fully saturated rings. The van der Waals surface area contributed by atoms with Gasteiger partial charge in [0.25, 0.3) is 0 Å². The molecule has 84 valence electrons. The highest BCUT2D eigenvalue weighted by Crippen LogP contribution is 2.00. The van der Waals surface area contributed by atoms with Crippen LogP contribution in [-0.4, -0.2) is 51.8 Å². The summed E-state index contributed by atoms with van der Waals surface area (Å²) in [6.45, 7) is 6.57. The van der Waals surface area contributed by atoms with Crippen molar-refractivity contribution in [3.05, 3.63) is 12.7 Å². The molecule has 0 radical (unpaired) electrons. The van der Waals surface area contributed by atoms with E-state index in [2.05, 4.69) is 23.8 Å². The zero-order chi connectivity index (χ0) is 10.8. The third kappa shape index (κ3) is 6.13. The van der Waals surface area contributed by atoms with Crippen molar-refractivity contribution >= 4 is 0 Å². The largest absolute Gasteiger partial charge is 0.383 e. The van der Waals surface area contributed by atoms with Crippen LogP contribution < -0.4 is 5.32 Å². The van der Waals surface area contributed by atoms with Gasteiger partial charge in [0, 0.05) is 19.7 Å². The maximum Gasteiger partial charge on any atom is 0.0630 e. The number of methoxy groups -OCH3 is 1. The Morgan fingerprint density at radius 3 is 2.79 bits per heavy atom. The maximum absolute atomic E-state index is 5.18. The summed E-state index contributed by atoms with van der Waals surface area (Å²) in [7, 11) is 5.87. The quantitative estimate of drug-likeness (QED) is 0.446. The van der Waals surface area contributed by atoms with Gasteiger partial charge in [-0.2, -0.15) is 0 Å². The van der Waals surface area contributed by atoms with Crippen molar-refractivity contribution in [2.75, 3.05) is 40.9 Å². The van der Waals surface area contributed by atoms with E-state index in [9.17, 15) is 0 Å². The van der Waals surface area contributed by atoms with Crippen molar-refractivity contribution in [1.29, 1.82) is 0 Å². The van der Waals surface area contributed by atoms with E-state index in [-0.39, 0.29) is 0 Å². The Bertz CT molecular complexity index is 133. The van der Waals surface area contributed by atoms with Gasteiger partial charge in [0.15, 0.2) is 0 Å². The smallest absolute Gasteiger partial charge is 0.0630 e. The number of likely N-dealkylation sites (N-methyl/N-ethyl adjacent to an activating group) is 2. The van der Waals surface area contributed by atoms with E-state index in [0.29, 0.717) is 6.04 Å². The van der Waals surface area contributed by atoms with Crippen LogP contribution in [0.3, 0.4) is 0 Å². The lowest BCUT2D eigenvalue weighted by Crippen LogP contribution is -2.42. The molecule has 0 aromatic rings. The van der Waals surface area contributed by atoms with Crippen LogP contribution in [0.15, 0.2) is 12.7 Å². The number of hydrogen-bond donors (Lipinski definition) is 1. The second-order valence-electron chi connectivity index (χ2n) is 3.58. The number of nitrogens with one attached hydrogen (secondary N) is 1. The highest BCUT2D eigenvalue weighted by atomic mass is 16.5. The first-order valence-corrected chi connectivity index (χ1v) is 5.21. The van der Waals surface area contributed by atoms with Gasteiger partial charge < -0.3 is 10.1 Å². The molecule has 0 saturated heterocycles. The fourth-order valence-electron chi connectivity index (χ4n) is 1.44. The van der Waals surface area contributed by atoms with Crippen molar-refractivity contribution in [2.24, 2.45) is 0 Å². The second kappa shape index (κ2) is 9.19. The van der Waals surface area contributed by atoms with Gasteiger partial charge >= 0.3 is 0 Å². The van der Waals surface area contributed by atoms with E-state index >= 15 is 0 Å². The highest BCUT2D eigenvalue weighted by molar-refractivity contribution is 4.72. The second-order valence-corrected chi connectivity index (χ2v) is 3.58. The average Bonchev–Trinajstić information content (AvgIpc) is 2.18. The molecule has 1 unspecified atom stereocenters. The van der Waals surface area contributed by atoms with E-state index in [0.717, 1.165) is 26.1 Å². The third-order valence-corrected chi connectivity index (χ3v) is 2.34. The van der Waals surface area contributed by atoms with Crippen LogP contribution in [0.1, 0.15) is 12.8 Å². The first-order chi connectivity index (χ1) is 6.76. The molecule has 0 aliphatic carbocycles. The Balaban J connectivity index is 3.74. The predicted molar refractivity (Wildman–Crippen MR) is 61.7 cm³/mol. The molecule has 0 spiro atoms. The van der Waals surface area contributed by atoms with E-state index in [4.69, 9.17) is 4.74 Å². The fraction of sp³-hybridized carbons (Fsp3) is 0.818. The Morgan fingerprint density at radius 1 is 1.57 bits per heavy atom. The molecule has 0 saturated carbocycles. The molecule has 0 bridgehead atoms. The molecule has 3 nitrogen and oxygen atoms in total. The molecule has 3 heteroatoms. The first kappa shape index (κ1) is 13.6. The van der Waals surface area contributed by atoms with E-state index < -0.39 is 0 Å². The standard InChI is InChI=1S/C11H24N2O/c1-5-6-7-8-13(3)11(9-12-2)10-14-4/h5,11-12H,1,6-10H2,2-4H3. The molecule has 0 rings (SSSR count). The summed E-state index contributed by atoms with van der Waals surface area (Å²) in [5, 5.41) is 3.18. The van der Waals surface area contributed by atoms with E-state index in [1.54, 1.807) is 7.11 Å². The summed E-state index contributed by atoms with van der Waals surface area (Å²) in [6.07, 6.45) is 4.23. The fourth-order valence-corrected chi connectivity index (χ4v) is 1.44. The third-order valence-electron chi connectivity index (χ3n) is 2.34. The normalized spacial score (nSPS) is 13.1. The molecule has 0 aliphatic rings. The lowest BCUT2D eigenvalue weighted by atomic mass is 10.2. The zero-order valence-corrected chi connectivity index (χ0v) is 9.75. The first-order valence-electron chi connectivity index (χ1n) is 5.21. The summed E-state index contributed by atoms with van der Waals surface area (Å²) >= 11 is 0. The Labute approximate surface area is 88.1 Å². The highest BCUT2D eigenvalue weighted by Gasteiger charge is 2.12. The molecule has 0 heterocycles. The van der Waals surface area contributed by atoms with Crippen LogP contribution in [0.5, 0.6) is 0 Å². The topological polar surface area (TPSA) is 24.5 Å². The van der Waals surface area contributed by atoms with Gasteiger partial charge in [-0.25, -0.2) is 0 Å². The molecule has 0 amide bonds. The minimum Gasteiger partial charge on any atom is -0.383 e. The van der Waals surface area contributed by atoms with Gasteiger partial charge in [0.05, 0.1) is 6.61 Å². The Hall–Kier alpha value is -0.380. The van der Waals surface area contributed by atoms with Gasteiger partial charge in [-0.05, 0) is 33.5 Å². The number of allylic oxidation sites excluding steroid dienone is 1. The monoisotopic (exact) mass is 200 g/mol. The number of ether oxygens (including phenoxy) is 1. The number of hydrogen-bond acceptors (Lipinski definition) is 3. The summed E-state index contributed by atoms with van der Waals surface area (Å²) in [6, 6.07) is 0.467. The number of rotatable bonds is 9. The molecular weight excluding hydrogens is 176 g/mol. The predicted octanol–water partition coefficient (Wildman–Crippen LogP) is 1.12. The van der Waals surface area contributed by atoms with Crippen molar-refractivity contribution in [3.63, 3.8) is 0 Å². The van der Waals surface area contributed by atoms with Gasteiger partial charge in [-0.3, -0.25) is 4.90 Å². The van der Waals surface area contributed by atoms with Crippen molar-refractivity contribution in [3.8, 4) is 0 Å². The van der Waals surface area contributed by atoms with Gasteiger partial charge in [-0.15, -0.1) is 6.58 Å². The molecule has 0 aromatic heterocycles. The van der Waals surface area contributed by atoms with Crippen LogP contribution in [0, 0.1) is 0 Å². The SMILES string of the molecule is C=CCCCN(C)C(CNC)COC. The van der Waals surface area contributed by atoms with Crippen LogP contribution >= 0.6 is 0 Å². The maximum atomic E-state index is 5.18. The Kier molecular flexibility index (Phi) is 8.94. The molecular formula is C11H24N2O. The summed E-state index contributed by atoms with van der Waals surface area (Å²) in [5.41, 5.74) is 0. The lowest BCUT2D eigenvalue weighted by molar-refractivity contribution is 0.106. The minimum atomic E-state index is 0.467. The van der Waals surface area contributed by atoms with Gasteiger partial charge in [-0.1, -0.05) is 6.08 Å². The lowest BCUT2D eigenvalue weighted by Gasteiger charge is -2.27. The number of nitrogens with zero attached hydrogens (tertiary/aromatic N) is 1. The van der Waals surface area contributed by atoms with Crippen LogP contribution in [0.25, 0.3) is 0 Å². The number of unbranched alkanes of at least 4 members (excludes halogenated alkanes) is 1. The van der Waals surface area contributed by atoms with Crippen LogP contribution in [-0.2, 0) is 4.74 Å². The average molecular weight is 200 g/mol. The minimum absolute atomic E-state index is 0.467. The molecule has 0 aliphatic heterocycles. The van der Waals surface area contributed by atoms with Crippen LogP contribution in [0.4, 0.5) is 0 Å². The zero-order valence-electron chi connectivity index (χ0n) is 9.75. The van der Waals surface area contributed by atoms with Gasteiger partial charge in [0.2, 0.25) is 0 Å². The molecule has 1 N–H and O–H groups in total. The molecule has 0 aromatic carbocycles. The van der Waals surface area contributed by atoms with Crippen molar-refractivity contribution in [2.45, 2.75) is 18.9 Å². The van der Waals surface area contributed by atoms with Crippen molar-refractivity contribution < 1.29 is 4.74 Å². The van der Waals surface area contributed by atoms with Crippen molar-refractivity contribution in [1.82, 2.24) is 10.2 Å². The summed E-state index contributed by atoms with van der Waals surface area (Å²) in [4.78, 5) is 2.34. The Morgan fingerprint density at radius 2 is 2.29 bits per heavy atom. The summed E-state index contributed by atoms with van der Waals surface area (Å²) < 4.78 is 5.18. The molecule has 14 heavy (non-hydrogen) atoms. The van der Waals surface area contributed by atoms with E-state index in [1.165, 1.54) is 6.42 Å².